The molecule has 0 fully saturated rings. The van der Waals surface area contributed by atoms with Crippen LogP contribution in [0.25, 0.3) is 10.8 Å². The minimum atomic E-state index is 0.537. The van der Waals surface area contributed by atoms with Crippen molar-refractivity contribution in [3.63, 3.8) is 0 Å². The molecule has 1 aromatic heterocycles. The lowest BCUT2D eigenvalue weighted by Gasteiger charge is -2.12. The zero-order chi connectivity index (χ0) is 17.6. The summed E-state index contributed by atoms with van der Waals surface area (Å²) in [5, 5.41) is 14.2. The molecule has 0 saturated heterocycles. The summed E-state index contributed by atoms with van der Waals surface area (Å²) in [6.45, 7) is 0. The molecule has 0 saturated carbocycles. The lowest BCUT2D eigenvalue weighted by Crippen LogP contribution is -1.99. The molecule has 3 rings (SSSR count). The van der Waals surface area contributed by atoms with E-state index in [0.29, 0.717) is 23.1 Å². The summed E-state index contributed by atoms with van der Waals surface area (Å²) >= 11 is 0. The molecule has 7 heteroatoms. The first-order chi connectivity index (χ1) is 12.3. The third-order valence-electron chi connectivity index (χ3n) is 3.64. The van der Waals surface area contributed by atoms with Gasteiger partial charge in [0.15, 0.2) is 17.3 Å². The number of fused-ring (bicyclic) bond motifs is 1. The van der Waals surface area contributed by atoms with Crippen LogP contribution in [0.3, 0.4) is 0 Å². The molecule has 128 valence electrons. The Morgan fingerprint density at radius 3 is 2.40 bits per heavy atom. The van der Waals surface area contributed by atoms with Gasteiger partial charge in [-0.05, 0) is 12.1 Å². The van der Waals surface area contributed by atoms with Gasteiger partial charge in [-0.2, -0.15) is 10.2 Å². The Bertz CT molecular complexity index is 881. The minimum Gasteiger partial charge on any atom is -0.493 e. The molecule has 0 unspecified atom stereocenters. The Morgan fingerprint density at radius 2 is 1.72 bits per heavy atom. The van der Waals surface area contributed by atoms with Gasteiger partial charge in [-0.3, -0.25) is 5.43 Å². The predicted molar refractivity (Wildman–Crippen MR) is 96.9 cm³/mol. The van der Waals surface area contributed by atoms with Crippen molar-refractivity contribution in [2.24, 2.45) is 5.10 Å². The summed E-state index contributed by atoms with van der Waals surface area (Å²) in [6, 6.07) is 11.4. The Morgan fingerprint density at radius 1 is 1.00 bits per heavy atom. The van der Waals surface area contributed by atoms with E-state index in [9.17, 15) is 0 Å². The first kappa shape index (κ1) is 16.5. The molecule has 0 amide bonds. The topological polar surface area (TPSA) is 77.9 Å². The van der Waals surface area contributed by atoms with E-state index in [2.05, 4.69) is 20.7 Å². The first-order valence-electron chi connectivity index (χ1n) is 7.56. The number of hydrazone groups is 1. The normalized spacial score (nSPS) is 10.8. The molecule has 0 radical (unpaired) electrons. The molecule has 0 aliphatic heterocycles. The van der Waals surface area contributed by atoms with Gasteiger partial charge in [-0.25, -0.2) is 0 Å². The molecule has 0 atom stereocenters. The highest BCUT2D eigenvalue weighted by Gasteiger charge is 2.12. The van der Waals surface area contributed by atoms with Gasteiger partial charge in [0, 0.05) is 16.3 Å². The number of hydrogen-bond donors (Lipinski definition) is 1. The second-order valence-corrected chi connectivity index (χ2v) is 5.11. The van der Waals surface area contributed by atoms with E-state index in [1.54, 1.807) is 45.9 Å². The summed E-state index contributed by atoms with van der Waals surface area (Å²) in [5.74, 6) is 2.25. The number of rotatable bonds is 6. The van der Waals surface area contributed by atoms with Crippen molar-refractivity contribution in [2.45, 2.75) is 0 Å². The van der Waals surface area contributed by atoms with Crippen LogP contribution in [-0.2, 0) is 0 Å². The van der Waals surface area contributed by atoms with Crippen LogP contribution in [0.5, 0.6) is 17.2 Å². The van der Waals surface area contributed by atoms with Crippen LogP contribution in [0.4, 0.5) is 5.82 Å². The van der Waals surface area contributed by atoms with Crippen molar-refractivity contribution in [3.8, 4) is 17.2 Å². The van der Waals surface area contributed by atoms with Gasteiger partial charge < -0.3 is 14.2 Å². The molecule has 1 N–H and O–H groups in total. The fourth-order valence-corrected chi connectivity index (χ4v) is 2.45. The van der Waals surface area contributed by atoms with Gasteiger partial charge in [0.2, 0.25) is 5.75 Å². The van der Waals surface area contributed by atoms with Gasteiger partial charge in [0.25, 0.3) is 0 Å². The second kappa shape index (κ2) is 7.48. The fraction of sp³-hybridized carbons (Fsp3) is 0.167. The molecular weight excluding hydrogens is 320 g/mol. The zero-order valence-electron chi connectivity index (χ0n) is 14.2. The maximum atomic E-state index is 5.33. The number of anilines is 1. The van der Waals surface area contributed by atoms with E-state index < -0.39 is 0 Å². The molecule has 3 aromatic rings. The van der Waals surface area contributed by atoms with Gasteiger partial charge in [-0.15, -0.1) is 5.10 Å². The molecule has 2 aromatic carbocycles. The number of ether oxygens (including phenoxy) is 3. The molecular formula is C18H18N4O3. The fourth-order valence-electron chi connectivity index (χ4n) is 2.45. The van der Waals surface area contributed by atoms with E-state index in [1.807, 2.05) is 24.3 Å². The number of hydrogen-bond acceptors (Lipinski definition) is 7. The largest absolute Gasteiger partial charge is 0.493 e. The van der Waals surface area contributed by atoms with Gasteiger partial charge in [-0.1, -0.05) is 24.3 Å². The lowest BCUT2D eigenvalue weighted by atomic mass is 10.2. The Balaban J connectivity index is 1.87. The van der Waals surface area contributed by atoms with Crippen molar-refractivity contribution in [1.29, 1.82) is 0 Å². The van der Waals surface area contributed by atoms with Crippen LogP contribution in [0.1, 0.15) is 5.56 Å². The molecule has 7 nitrogen and oxygen atoms in total. The predicted octanol–water partition coefficient (Wildman–Crippen LogP) is 3.10. The van der Waals surface area contributed by atoms with E-state index >= 15 is 0 Å². The summed E-state index contributed by atoms with van der Waals surface area (Å²) in [6.07, 6.45) is 3.36. The van der Waals surface area contributed by atoms with Gasteiger partial charge >= 0.3 is 0 Å². The first-order valence-corrected chi connectivity index (χ1v) is 7.56. The van der Waals surface area contributed by atoms with Crippen LogP contribution >= 0.6 is 0 Å². The van der Waals surface area contributed by atoms with E-state index in [4.69, 9.17) is 14.2 Å². The Labute approximate surface area is 145 Å². The third-order valence-corrected chi connectivity index (χ3v) is 3.64. The average molecular weight is 338 g/mol. The van der Waals surface area contributed by atoms with Crippen molar-refractivity contribution in [1.82, 2.24) is 10.2 Å². The van der Waals surface area contributed by atoms with Crippen molar-refractivity contribution < 1.29 is 14.2 Å². The maximum absolute atomic E-state index is 5.33. The quantitative estimate of drug-likeness (QED) is 0.550. The number of nitrogens with zero attached hydrogens (tertiary/aromatic N) is 3. The average Bonchev–Trinajstić information content (AvgIpc) is 2.67. The maximum Gasteiger partial charge on any atom is 0.203 e. The van der Waals surface area contributed by atoms with Crippen molar-refractivity contribution in [2.75, 3.05) is 26.8 Å². The third kappa shape index (κ3) is 3.45. The number of methoxy groups -OCH3 is 3. The molecule has 0 aliphatic carbocycles. The highest BCUT2D eigenvalue weighted by Crippen LogP contribution is 2.37. The standard InChI is InChI=1S/C18H18N4O3/c1-23-15-8-12(9-16(24-2)17(15)25-3)10-19-21-18-14-7-5-4-6-13(14)11-20-22-18/h4-11H,1-3H3,(H,21,22)/b19-10+. The number of nitrogens with one attached hydrogen (secondary N) is 1. The van der Waals surface area contributed by atoms with E-state index in [1.165, 1.54) is 0 Å². The van der Waals surface area contributed by atoms with Gasteiger partial charge in [0.05, 0.1) is 33.7 Å². The SMILES string of the molecule is COc1cc(/C=N/Nc2nncc3ccccc23)cc(OC)c1OC. The Kier molecular flexibility index (Phi) is 4.94. The highest BCUT2D eigenvalue weighted by atomic mass is 16.5. The number of benzene rings is 2. The van der Waals surface area contributed by atoms with Crippen LogP contribution in [0, 0.1) is 0 Å². The smallest absolute Gasteiger partial charge is 0.203 e. The van der Waals surface area contributed by atoms with E-state index in [0.717, 1.165) is 16.3 Å². The highest BCUT2D eigenvalue weighted by molar-refractivity contribution is 5.91. The van der Waals surface area contributed by atoms with Crippen LogP contribution in [0.2, 0.25) is 0 Å². The molecule has 0 spiro atoms. The summed E-state index contributed by atoms with van der Waals surface area (Å²) in [4.78, 5) is 0. The molecule has 0 aliphatic rings. The van der Waals surface area contributed by atoms with E-state index in [-0.39, 0.29) is 0 Å². The molecule has 25 heavy (non-hydrogen) atoms. The van der Waals surface area contributed by atoms with Crippen molar-refractivity contribution in [3.05, 3.63) is 48.2 Å². The lowest BCUT2D eigenvalue weighted by molar-refractivity contribution is 0.324. The zero-order valence-corrected chi connectivity index (χ0v) is 14.2. The van der Waals surface area contributed by atoms with Crippen LogP contribution < -0.4 is 19.6 Å². The Hall–Kier alpha value is -3.35. The number of aromatic nitrogens is 2. The minimum absolute atomic E-state index is 0.537. The van der Waals surface area contributed by atoms with Crippen LogP contribution in [0.15, 0.2) is 47.7 Å². The molecule has 1 heterocycles. The van der Waals surface area contributed by atoms with Crippen LogP contribution in [-0.4, -0.2) is 37.7 Å². The summed E-state index contributed by atoms with van der Waals surface area (Å²) in [5.41, 5.74) is 3.71. The van der Waals surface area contributed by atoms with Crippen molar-refractivity contribution >= 4 is 22.8 Å². The summed E-state index contributed by atoms with van der Waals surface area (Å²) in [7, 11) is 4.71. The van der Waals surface area contributed by atoms with Gasteiger partial charge in [0.1, 0.15) is 0 Å². The monoisotopic (exact) mass is 338 g/mol. The second-order valence-electron chi connectivity index (χ2n) is 5.11. The summed E-state index contributed by atoms with van der Waals surface area (Å²) < 4.78 is 16.0. The molecule has 0 bridgehead atoms.